The molecule has 0 atom stereocenters. The van der Waals surface area contributed by atoms with Crippen molar-refractivity contribution in [3.05, 3.63) is 63.9 Å². The monoisotopic (exact) mass is 449 g/mol. The van der Waals surface area contributed by atoms with Crippen molar-refractivity contribution >= 4 is 40.9 Å². The van der Waals surface area contributed by atoms with Gasteiger partial charge in [0.1, 0.15) is 5.69 Å². The number of H-pyrrole nitrogens is 1. The van der Waals surface area contributed by atoms with Gasteiger partial charge in [0, 0.05) is 10.6 Å². The van der Waals surface area contributed by atoms with Gasteiger partial charge in [-0.3, -0.25) is 0 Å². The van der Waals surface area contributed by atoms with Crippen LogP contribution in [0.3, 0.4) is 0 Å². The molecule has 1 aromatic heterocycles. The highest BCUT2D eigenvalue weighted by molar-refractivity contribution is 7.98. The molecule has 3 aromatic rings. The van der Waals surface area contributed by atoms with Gasteiger partial charge in [-0.1, -0.05) is 61.2 Å². The Balaban J connectivity index is 1.59. The van der Waals surface area contributed by atoms with Crippen molar-refractivity contribution in [2.24, 2.45) is 0 Å². The summed E-state index contributed by atoms with van der Waals surface area (Å²) in [5.74, 6) is 0.0857. The van der Waals surface area contributed by atoms with Crippen molar-refractivity contribution < 1.29 is 9.53 Å². The van der Waals surface area contributed by atoms with Crippen LogP contribution in [0.5, 0.6) is 0 Å². The van der Waals surface area contributed by atoms with Crippen LogP contribution in [-0.4, -0.2) is 28.0 Å². The van der Waals surface area contributed by atoms with Crippen LogP contribution in [0.2, 0.25) is 10.0 Å². The highest BCUT2D eigenvalue weighted by Gasteiger charge is 2.18. The number of thioether (sulfide) groups is 1. The maximum Gasteiger partial charge on any atom is 0.360 e. The summed E-state index contributed by atoms with van der Waals surface area (Å²) in [6.07, 6.45) is 2.97. The molecule has 0 fully saturated rings. The number of unbranched alkanes of at least 4 members (excludes halogenated alkanes) is 2. The Kier molecular flexibility index (Phi) is 7.98. The van der Waals surface area contributed by atoms with E-state index in [1.807, 2.05) is 36.4 Å². The first-order valence-electron chi connectivity index (χ1n) is 9.33. The van der Waals surface area contributed by atoms with Gasteiger partial charge in [-0.25, -0.2) is 4.79 Å². The van der Waals surface area contributed by atoms with E-state index in [1.165, 1.54) is 0 Å². The van der Waals surface area contributed by atoms with E-state index in [4.69, 9.17) is 27.9 Å². The van der Waals surface area contributed by atoms with Crippen LogP contribution in [0, 0.1) is 0 Å². The second kappa shape index (κ2) is 10.7. The first kappa shape index (κ1) is 21.7. The van der Waals surface area contributed by atoms with Crippen LogP contribution >= 0.6 is 35.0 Å². The van der Waals surface area contributed by atoms with E-state index in [2.05, 4.69) is 22.3 Å². The minimum Gasteiger partial charge on any atom is -0.461 e. The maximum absolute atomic E-state index is 12.2. The van der Waals surface area contributed by atoms with E-state index < -0.39 is 5.97 Å². The standard InChI is InChI=1S/C21H21Cl2N3O2S/c1-2-3-4-11-28-21(27)20-19(24-26-25-20)13-29-16-8-5-14(6-9-16)15-7-10-17(22)18(23)12-15/h5-10,12H,2-4,11,13H2,1H3,(H,24,25,26). The Labute approximate surface area is 184 Å². The van der Waals surface area contributed by atoms with Crippen molar-refractivity contribution in [3.8, 4) is 11.1 Å². The third-order valence-electron chi connectivity index (χ3n) is 4.28. The molecule has 1 N–H and O–H groups in total. The fourth-order valence-corrected chi connectivity index (χ4v) is 3.80. The molecule has 8 heteroatoms. The van der Waals surface area contributed by atoms with Crippen LogP contribution in [0.15, 0.2) is 47.4 Å². The van der Waals surface area contributed by atoms with Gasteiger partial charge >= 0.3 is 5.97 Å². The Morgan fingerprint density at radius 2 is 1.79 bits per heavy atom. The fourth-order valence-electron chi connectivity index (χ4n) is 2.67. The molecular formula is C21H21Cl2N3O2S. The second-order valence-corrected chi connectivity index (χ2v) is 8.27. The molecule has 0 aliphatic carbocycles. The molecule has 2 aromatic carbocycles. The lowest BCUT2D eigenvalue weighted by Gasteiger charge is -2.06. The van der Waals surface area contributed by atoms with Gasteiger partial charge in [-0.15, -0.1) is 16.9 Å². The quantitative estimate of drug-likeness (QED) is 0.232. The number of nitrogens with zero attached hydrogens (tertiary/aromatic N) is 2. The zero-order valence-electron chi connectivity index (χ0n) is 16.0. The summed E-state index contributed by atoms with van der Waals surface area (Å²) in [6, 6.07) is 13.6. The first-order valence-corrected chi connectivity index (χ1v) is 11.1. The number of carbonyl (C=O) groups is 1. The zero-order chi connectivity index (χ0) is 20.6. The van der Waals surface area contributed by atoms with Crippen molar-refractivity contribution in [2.75, 3.05) is 6.61 Å². The van der Waals surface area contributed by atoms with E-state index in [-0.39, 0.29) is 5.69 Å². The molecule has 0 saturated carbocycles. The van der Waals surface area contributed by atoms with Crippen molar-refractivity contribution in [2.45, 2.75) is 36.8 Å². The lowest BCUT2D eigenvalue weighted by Crippen LogP contribution is -2.09. The lowest BCUT2D eigenvalue weighted by molar-refractivity contribution is 0.0490. The first-order chi connectivity index (χ1) is 14.1. The van der Waals surface area contributed by atoms with Crippen molar-refractivity contribution in [3.63, 3.8) is 0 Å². The van der Waals surface area contributed by atoms with Crippen LogP contribution < -0.4 is 0 Å². The number of hydrogen-bond donors (Lipinski definition) is 1. The molecule has 0 amide bonds. The topological polar surface area (TPSA) is 67.9 Å². The summed E-state index contributed by atoms with van der Waals surface area (Å²) in [6.45, 7) is 2.51. The molecule has 3 rings (SSSR count). The van der Waals surface area contributed by atoms with Gasteiger partial charge in [0.15, 0.2) is 5.69 Å². The number of benzene rings is 2. The number of halogens is 2. The Hall–Kier alpha value is -2.02. The fraction of sp³-hybridized carbons (Fsp3) is 0.286. The summed E-state index contributed by atoms with van der Waals surface area (Å²) in [5, 5.41) is 11.6. The molecule has 0 saturated heterocycles. The molecule has 152 valence electrons. The minimum atomic E-state index is -0.430. The maximum atomic E-state index is 12.2. The normalized spacial score (nSPS) is 10.9. The Morgan fingerprint density at radius 3 is 2.52 bits per heavy atom. The molecule has 0 bridgehead atoms. The number of rotatable bonds is 9. The molecule has 0 unspecified atom stereocenters. The molecule has 1 heterocycles. The number of hydrogen-bond acceptors (Lipinski definition) is 5. The number of carbonyl (C=O) groups excluding carboxylic acids is 1. The third-order valence-corrected chi connectivity index (χ3v) is 6.04. The Morgan fingerprint density at radius 1 is 1.03 bits per heavy atom. The van der Waals surface area contributed by atoms with Crippen molar-refractivity contribution in [1.29, 1.82) is 0 Å². The van der Waals surface area contributed by atoms with Gasteiger partial charge in [0.25, 0.3) is 0 Å². The highest BCUT2D eigenvalue weighted by Crippen LogP contribution is 2.30. The summed E-state index contributed by atoms with van der Waals surface area (Å²) in [5.41, 5.74) is 2.89. The molecule has 29 heavy (non-hydrogen) atoms. The van der Waals surface area contributed by atoms with Gasteiger partial charge in [0.05, 0.1) is 16.7 Å². The predicted molar refractivity (Wildman–Crippen MR) is 118 cm³/mol. The van der Waals surface area contributed by atoms with E-state index in [1.54, 1.807) is 17.8 Å². The predicted octanol–water partition coefficient (Wildman–Crippen LogP) is 6.42. The average Bonchev–Trinajstić information content (AvgIpc) is 3.21. The van der Waals surface area contributed by atoms with Crippen LogP contribution in [0.1, 0.15) is 42.4 Å². The van der Waals surface area contributed by atoms with Crippen LogP contribution in [0.25, 0.3) is 11.1 Å². The third kappa shape index (κ3) is 5.98. The lowest BCUT2D eigenvalue weighted by atomic mass is 10.1. The van der Waals surface area contributed by atoms with Gasteiger partial charge < -0.3 is 4.74 Å². The van der Waals surface area contributed by atoms with Gasteiger partial charge in [0.2, 0.25) is 0 Å². The molecule has 0 spiro atoms. The molecule has 5 nitrogen and oxygen atoms in total. The summed E-state index contributed by atoms with van der Waals surface area (Å²) < 4.78 is 5.27. The van der Waals surface area contributed by atoms with E-state index in [9.17, 15) is 4.79 Å². The van der Waals surface area contributed by atoms with Gasteiger partial charge in [-0.2, -0.15) is 10.3 Å². The summed E-state index contributed by atoms with van der Waals surface area (Å²) >= 11 is 13.7. The SMILES string of the molecule is CCCCCOC(=O)c1n[nH]nc1CSc1ccc(-c2ccc(Cl)c(Cl)c2)cc1. The molecule has 0 aliphatic rings. The van der Waals surface area contributed by atoms with E-state index in [0.717, 1.165) is 35.3 Å². The number of aromatic amines is 1. The number of esters is 1. The smallest absolute Gasteiger partial charge is 0.360 e. The number of ether oxygens (including phenoxy) is 1. The molecular weight excluding hydrogens is 429 g/mol. The number of aromatic nitrogens is 3. The summed E-state index contributed by atoms with van der Waals surface area (Å²) in [7, 11) is 0. The van der Waals surface area contributed by atoms with Crippen LogP contribution in [0.4, 0.5) is 0 Å². The van der Waals surface area contributed by atoms with E-state index in [0.29, 0.717) is 28.1 Å². The second-order valence-electron chi connectivity index (χ2n) is 6.40. The van der Waals surface area contributed by atoms with E-state index >= 15 is 0 Å². The average molecular weight is 450 g/mol. The number of nitrogens with one attached hydrogen (secondary N) is 1. The molecule has 0 aliphatic heterocycles. The highest BCUT2D eigenvalue weighted by atomic mass is 35.5. The largest absolute Gasteiger partial charge is 0.461 e. The summed E-state index contributed by atoms with van der Waals surface area (Å²) in [4.78, 5) is 13.2. The minimum absolute atomic E-state index is 0.251. The Bertz CT molecular complexity index is 961. The van der Waals surface area contributed by atoms with Gasteiger partial charge in [-0.05, 0) is 41.8 Å². The van der Waals surface area contributed by atoms with Crippen molar-refractivity contribution in [1.82, 2.24) is 15.4 Å². The van der Waals surface area contributed by atoms with Crippen LogP contribution in [-0.2, 0) is 10.5 Å². The zero-order valence-corrected chi connectivity index (χ0v) is 18.3. The molecule has 0 radical (unpaired) electrons.